The second kappa shape index (κ2) is 4.88. The maximum atomic E-state index is 11.8. The largest absolute Gasteiger partial charge is 0.464 e. The number of hydrogen-bond donors (Lipinski definition) is 0. The van der Waals surface area contributed by atoms with Gasteiger partial charge in [-0.2, -0.15) is 5.10 Å². The Kier molecular flexibility index (Phi) is 3.61. The molecule has 2 heterocycles. The summed E-state index contributed by atoms with van der Waals surface area (Å²) in [7, 11) is 0. The summed E-state index contributed by atoms with van der Waals surface area (Å²) in [4.78, 5) is 11.8. The van der Waals surface area contributed by atoms with E-state index in [0.29, 0.717) is 24.0 Å². The van der Waals surface area contributed by atoms with Crippen molar-refractivity contribution in [2.45, 2.75) is 50.8 Å². The number of carbonyl (C=O) groups is 1. The quantitative estimate of drug-likeness (QED) is 0.771. The lowest BCUT2D eigenvalue weighted by Crippen LogP contribution is -2.22. The van der Waals surface area contributed by atoms with Crippen LogP contribution in [0.1, 0.15) is 56.6 Å². The van der Waals surface area contributed by atoms with Crippen molar-refractivity contribution in [3.8, 4) is 0 Å². The Hall–Kier alpha value is -1.10. The third-order valence-corrected chi connectivity index (χ3v) is 4.40. The molecule has 0 aromatic carbocycles. The molecule has 0 spiro atoms. The van der Waals surface area contributed by atoms with Gasteiger partial charge in [-0.1, -0.05) is 6.92 Å². The highest BCUT2D eigenvalue weighted by molar-refractivity contribution is 7.67. The highest BCUT2D eigenvalue weighted by Crippen LogP contribution is 2.34. The Balaban J connectivity index is 2.02. The molecular weight excluding hydrogens is 248 g/mol. The summed E-state index contributed by atoms with van der Waals surface area (Å²) in [5, 5.41) is 4.24. The van der Waals surface area contributed by atoms with Gasteiger partial charge in [0.15, 0.2) is 5.78 Å². The Labute approximate surface area is 111 Å². The summed E-state index contributed by atoms with van der Waals surface area (Å²) in [6, 6.07) is 1.95. The van der Waals surface area contributed by atoms with E-state index >= 15 is 0 Å². The number of carbonyl (C=O) groups excluding carboxylic acids is 1. The first-order valence-electron chi connectivity index (χ1n) is 6.32. The van der Waals surface area contributed by atoms with Gasteiger partial charge in [-0.15, -0.1) is 0 Å². The second-order valence-electron chi connectivity index (χ2n) is 5.71. The standard InChI is InChI=1S/C13H19N2O2S/c1-9(4-6-13(2,3)18-17)11-8-12(16)10-5-7-14-15(10)11/h5,7,9,11H,4,6,8H2,1-3H3/q+1. The number of nitrogens with zero attached hydrogens (tertiary/aromatic N) is 2. The van der Waals surface area contributed by atoms with Gasteiger partial charge in [0.05, 0.1) is 6.04 Å². The molecule has 1 aromatic rings. The summed E-state index contributed by atoms with van der Waals surface area (Å²) in [6.07, 6.45) is 4.04. The molecule has 2 unspecified atom stereocenters. The number of ketones is 1. The Bertz CT molecular complexity index is 467. The zero-order chi connectivity index (χ0) is 13.3. The van der Waals surface area contributed by atoms with Crippen molar-refractivity contribution in [3.63, 3.8) is 0 Å². The van der Waals surface area contributed by atoms with Crippen LogP contribution >= 0.6 is 0 Å². The molecule has 0 bridgehead atoms. The van der Waals surface area contributed by atoms with Crippen LogP contribution in [0.15, 0.2) is 12.3 Å². The zero-order valence-corrected chi connectivity index (χ0v) is 11.9. The molecule has 98 valence electrons. The molecule has 1 aliphatic heterocycles. The van der Waals surface area contributed by atoms with Crippen molar-refractivity contribution >= 4 is 17.4 Å². The lowest BCUT2D eigenvalue weighted by molar-refractivity contribution is 0.0982. The van der Waals surface area contributed by atoms with E-state index in [1.54, 1.807) is 12.3 Å². The smallest absolute Gasteiger partial charge is 0.292 e. The molecule has 0 N–H and O–H groups in total. The molecule has 0 saturated carbocycles. The second-order valence-corrected chi connectivity index (χ2v) is 6.99. The van der Waals surface area contributed by atoms with E-state index in [1.165, 1.54) is 0 Å². The minimum Gasteiger partial charge on any atom is -0.292 e. The van der Waals surface area contributed by atoms with Gasteiger partial charge in [0.1, 0.15) is 5.69 Å². The van der Waals surface area contributed by atoms with Gasteiger partial charge in [0.2, 0.25) is 4.75 Å². The van der Waals surface area contributed by atoms with Crippen LogP contribution in [-0.4, -0.2) is 20.3 Å². The Morgan fingerprint density at radius 2 is 2.33 bits per heavy atom. The van der Waals surface area contributed by atoms with E-state index in [0.717, 1.165) is 18.5 Å². The topological polar surface area (TPSA) is 52.0 Å². The SMILES string of the molecule is CC(CCC(C)(C)[S+]=O)C1CC(=O)c2ccnn21. The van der Waals surface area contributed by atoms with Gasteiger partial charge in [-0.05, 0) is 32.3 Å². The minimum atomic E-state index is -0.232. The van der Waals surface area contributed by atoms with Gasteiger partial charge < -0.3 is 0 Å². The van der Waals surface area contributed by atoms with E-state index in [4.69, 9.17) is 0 Å². The summed E-state index contributed by atoms with van der Waals surface area (Å²) in [6.45, 7) is 6.08. The third-order valence-electron chi connectivity index (χ3n) is 3.75. The highest BCUT2D eigenvalue weighted by Gasteiger charge is 2.37. The molecule has 1 aromatic heterocycles. The summed E-state index contributed by atoms with van der Waals surface area (Å²) in [5.74, 6) is 0.545. The van der Waals surface area contributed by atoms with E-state index in [9.17, 15) is 9.00 Å². The van der Waals surface area contributed by atoms with Crippen LogP contribution in [-0.2, 0) is 15.9 Å². The van der Waals surface area contributed by atoms with Crippen molar-refractivity contribution in [1.82, 2.24) is 9.78 Å². The monoisotopic (exact) mass is 267 g/mol. The molecule has 0 radical (unpaired) electrons. The molecule has 1 aliphatic rings. The van der Waals surface area contributed by atoms with Gasteiger partial charge >= 0.3 is 11.7 Å². The fraction of sp³-hybridized carbons (Fsp3) is 0.692. The number of Topliss-reactive ketones (excluding diaryl/α,β-unsaturated/α-hetero) is 1. The fourth-order valence-corrected chi connectivity index (χ4v) is 2.63. The summed E-state index contributed by atoms with van der Waals surface area (Å²) >= 11 is 0.660. The first-order chi connectivity index (χ1) is 8.44. The normalized spacial score (nSPS) is 20.8. The first-order valence-corrected chi connectivity index (χ1v) is 7.06. The predicted octanol–water partition coefficient (Wildman–Crippen LogP) is 2.63. The summed E-state index contributed by atoms with van der Waals surface area (Å²) < 4.78 is 12.6. The van der Waals surface area contributed by atoms with Crippen LogP contribution in [0.2, 0.25) is 0 Å². The molecule has 18 heavy (non-hydrogen) atoms. The van der Waals surface area contributed by atoms with Crippen LogP contribution in [0.5, 0.6) is 0 Å². The van der Waals surface area contributed by atoms with Gasteiger partial charge in [-0.25, -0.2) is 0 Å². The van der Waals surface area contributed by atoms with Crippen LogP contribution in [0.3, 0.4) is 0 Å². The Morgan fingerprint density at radius 3 is 3.00 bits per heavy atom. The fourth-order valence-electron chi connectivity index (χ4n) is 2.43. The van der Waals surface area contributed by atoms with Gasteiger partial charge in [-0.3, -0.25) is 9.48 Å². The van der Waals surface area contributed by atoms with Crippen molar-refractivity contribution in [2.75, 3.05) is 0 Å². The molecule has 0 fully saturated rings. The zero-order valence-electron chi connectivity index (χ0n) is 11.0. The molecule has 2 rings (SSSR count). The van der Waals surface area contributed by atoms with Crippen LogP contribution in [0.4, 0.5) is 0 Å². The molecule has 2 atom stereocenters. The predicted molar refractivity (Wildman–Crippen MR) is 70.7 cm³/mol. The number of rotatable bonds is 5. The molecule has 0 saturated heterocycles. The average molecular weight is 267 g/mol. The summed E-state index contributed by atoms with van der Waals surface area (Å²) in [5.41, 5.74) is 0.726. The van der Waals surface area contributed by atoms with Crippen molar-refractivity contribution in [2.24, 2.45) is 5.92 Å². The highest BCUT2D eigenvalue weighted by atomic mass is 32.1. The van der Waals surface area contributed by atoms with Gasteiger partial charge in [0.25, 0.3) is 0 Å². The van der Waals surface area contributed by atoms with Crippen LogP contribution in [0, 0.1) is 5.92 Å². The van der Waals surface area contributed by atoms with Crippen LogP contribution < -0.4 is 0 Å². The maximum Gasteiger partial charge on any atom is 0.464 e. The number of aromatic nitrogens is 2. The van der Waals surface area contributed by atoms with Crippen molar-refractivity contribution in [1.29, 1.82) is 0 Å². The lowest BCUT2D eigenvalue weighted by atomic mass is 9.91. The molecule has 5 heteroatoms. The molecule has 0 aliphatic carbocycles. The first kappa shape index (κ1) is 13.3. The van der Waals surface area contributed by atoms with E-state index in [1.807, 2.05) is 18.5 Å². The number of hydrogen-bond acceptors (Lipinski definition) is 3. The van der Waals surface area contributed by atoms with Crippen molar-refractivity contribution < 1.29 is 9.00 Å². The molecule has 0 amide bonds. The van der Waals surface area contributed by atoms with Crippen LogP contribution in [0.25, 0.3) is 0 Å². The molecule has 4 nitrogen and oxygen atoms in total. The maximum absolute atomic E-state index is 11.8. The average Bonchev–Trinajstić information content (AvgIpc) is 2.91. The Morgan fingerprint density at radius 1 is 1.61 bits per heavy atom. The number of fused-ring (bicyclic) bond motifs is 1. The van der Waals surface area contributed by atoms with Gasteiger partial charge in [0, 0.05) is 23.2 Å². The van der Waals surface area contributed by atoms with Crippen molar-refractivity contribution in [3.05, 3.63) is 18.0 Å². The van der Waals surface area contributed by atoms with E-state index in [2.05, 4.69) is 12.0 Å². The third kappa shape index (κ3) is 2.51. The lowest BCUT2D eigenvalue weighted by Gasteiger charge is -2.20. The molecular formula is C13H19N2O2S+. The minimum absolute atomic E-state index is 0.162. The van der Waals surface area contributed by atoms with E-state index in [-0.39, 0.29) is 16.6 Å². The van der Waals surface area contributed by atoms with E-state index < -0.39 is 0 Å².